The van der Waals surface area contributed by atoms with Crippen molar-refractivity contribution < 1.29 is 21.6 Å². The summed E-state index contributed by atoms with van der Waals surface area (Å²) in [6.45, 7) is 5.07. The largest absolute Gasteiger partial charge is 0.418 e. The van der Waals surface area contributed by atoms with Gasteiger partial charge in [0, 0.05) is 55.2 Å². The molecule has 2 aliphatic rings. The van der Waals surface area contributed by atoms with E-state index in [-0.39, 0.29) is 16.2 Å². The zero-order chi connectivity index (χ0) is 30.2. The van der Waals surface area contributed by atoms with Crippen LogP contribution in [-0.4, -0.2) is 64.5 Å². The summed E-state index contributed by atoms with van der Waals surface area (Å²) in [6.07, 6.45) is 1.18. The highest BCUT2D eigenvalue weighted by Gasteiger charge is 2.36. The highest BCUT2D eigenvalue weighted by Crippen LogP contribution is 2.37. The standard InChI is InChI=1S/C28H26F3N9O2S/c1-27(39-15-12-32-13-16-39)10-14-40(38-37-27)43(41,42)21-7-5-20(6-8-21)36-26-22-9-4-19(17-24(22)34-18-35-26)25-23(28(29,30)31)3-2-11-33-25/h2-11,14,17-18,32H,12-13,15-16H2,1H3,(H,34,35,36). The van der Waals surface area contributed by atoms with Crippen molar-refractivity contribution in [3.05, 3.63) is 85.0 Å². The predicted molar refractivity (Wildman–Crippen MR) is 153 cm³/mol. The molecule has 15 heteroatoms. The quantitative estimate of drug-likeness (QED) is 0.314. The van der Waals surface area contributed by atoms with Crippen LogP contribution in [0.3, 0.4) is 0 Å². The average Bonchev–Trinajstić information content (AvgIpc) is 3.01. The van der Waals surface area contributed by atoms with E-state index in [4.69, 9.17) is 0 Å². The minimum atomic E-state index is -4.56. The summed E-state index contributed by atoms with van der Waals surface area (Å²) >= 11 is 0. The van der Waals surface area contributed by atoms with Crippen LogP contribution in [0.5, 0.6) is 0 Å². The smallest absolute Gasteiger partial charge is 0.340 e. The number of halogens is 3. The number of anilines is 2. The number of nitrogens with zero attached hydrogens (tertiary/aromatic N) is 7. The van der Waals surface area contributed by atoms with Crippen molar-refractivity contribution in [2.45, 2.75) is 23.7 Å². The highest BCUT2D eigenvalue weighted by atomic mass is 32.2. The van der Waals surface area contributed by atoms with Crippen LogP contribution in [0.15, 0.2) is 94.6 Å². The molecule has 2 aromatic heterocycles. The number of piperazine rings is 1. The number of aromatic nitrogens is 3. The second-order valence-electron chi connectivity index (χ2n) is 10.1. The molecule has 4 heterocycles. The van der Waals surface area contributed by atoms with Crippen molar-refractivity contribution in [1.29, 1.82) is 0 Å². The van der Waals surface area contributed by atoms with E-state index in [1.807, 2.05) is 6.92 Å². The zero-order valence-electron chi connectivity index (χ0n) is 22.8. The Bertz CT molecular complexity index is 1810. The van der Waals surface area contributed by atoms with Crippen LogP contribution in [0, 0.1) is 0 Å². The number of hydrogen-bond donors (Lipinski definition) is 2. The molecule has 1 atom stereocenters. The third-order valence-corrected chi connectivity index (χ3v) is 8.85. The molecule has 4 aromatic rings. The first-order chi connectivity index (χ1) is 20.5. The molecule has 2 N–H and O–H groups in total. The topological polar surface area (TPSA) is 128 Å². The van der Waals surface area contributed by atoms with Gasteiger partial charge in [-0.1, -0.05) is 11.3 Å². The monoisotopic (exact) mass is 609 g/mol. The summed E-state index contributed by atoms with van der Waals surface area (Å²) in [7, 11) is -4.00. The second-order valence-corrected chi connectivity index (χ2v) is 11.9. The Labute approximate surface area is 245 Å². The summed E-state index contributed by atoms with van der Waals surface area (Å²) in [6, 6.07) is 12.9. The molecule has 2 aromatic carbocycles. The van der Waals surface area contributed by atoms with Gasteiger partial charge in [-0.05, 0) is 61.5 Å². The maximum Gasteiger partial charge on any atom is 0.418 e. The summed E-state index contributed by atoms with van der Waals surface area (Å²) in [5.74, 6) is 0.393. The van der Waals surface area contributed by atoms with Gasteiger partial charge in [0.2, 0.25) is 0 Å². The number of rotatable bonds is 6. The molecule has 1 unspecified atom stereocenters. The Morgan fingerprint density at radius 3 is 2.47 bits per heavy atom. The SMILES string of the molecule is CC1(N2CCNCC2)C=CN(S(=O)(=O)c2ccc(Nc3ncnc4cc(-c5ncccc5C(F)(F)F)ccc34)cc2)N=N1. The summed E-state index contributed by atoms with van der Waals surface area (Å²) in [5.41, 5.74) is -0.555. The van der Waals surface area contributed by atoms with Gasteiger partial charge in [0.25, 0.3) is 10.0 Å². The van der Waals surface area contributed by atoms with Gasteiger partial charge in [0.05, 0.1) is 21.7 Å². The number of benzene rings is 2. The molecule has 222 valence electrons. The van der Waals surface area contributed by atoms with Gasteiger partial charge in [-0.15, -0.1) is 9.53 Å². The minimum absolute atomic E-state index is 0.0143. The lowest BCUT2D eigenvalue weighted by Gasteiger charge is -2.39. The lowest BCUT2D eigenvalue weighted by atomic mass is 10.0. The van der Waals surface area contributed by atoms with E-state index in [1.165, 1.54) is 49.1 Å². The molecule has 0 spiro atoms. The fourth-order valence-corrected chi connectivity index (χ4v) is 5.99. The Hall–Kier alpha value is -4.47. The first-order valence-electron chi connectivity index (χ1n) is 13.3. The highest BCUT2D eigenvalue weighted by molar-refractivity contribution is 7.89. The number of nitrogens with one attached hydrogen (secondary N) is 2. The van der Waals surface area contributed by atoms with Crippen LogP contribution in [0.1, 0.15) is 12.5 Å². The van der Waals surface area contributed by atoms with Gasteiger partial charge in [0.1, 0.15) is 12.1 Å². The fraction of sp³-hybridized carbons (Fsp3) is 0.250. The maximum atomic E-state index is 13.5. The van der Waals surface area contributed by atoms with E-state index in [0.717, 1.165) is 36.7 Å². The number of fused-ring (bicyclic) bond motifs is 1. The van der Waals surface area contributed by atoms with Crippen molar-refractivity contribution in [2.24, 2.45) is 10.3 Å². The molecule has 0 amide bonds. The van der Waals surface area contributed by atoms with Gasteiger partial charge in [-0.3, -0.25) is 9.88 Å². The summed E-state index contributed by atoms with van der Waals surface area (Å²) < 4.78 is 67.9. The van der Waals surface area contributed by atoms with Gasteiger partial charge in [-0.2, -0.15) is 21.6 Å². The Morgan fingerprint density at radius 1 is 1.00 bits per heavy atom. The molecule has 2 aliphatic heterocycles. The van der Waals surface area contributed by atoms with Crippen molar-refractivity contribution in [3.63, 3.8) is 0 Å². The normalized spacial score (nSPS) is 19.6. The maximum absolute atomic E-state index is 13.5. The van der Waals surface area contributed by atoms with Gasteiger partial charge in [0.15, 0.2) is 5.66 Å². The predicted octanol–water partition coefficient (Wildman–Crippen LogP) is 4.96. The number of alkyl halides is 3. The van der Waals surface area contributed by atoms with Crippen LogP contribution >= 0.6 is 0 Å². The molecule has 43 heavy (non-hydrogen) atoms. The van der Waals surface area contributed by atoms with E-state index >= 15 is 0 Å². The van der Waals surface area contributed by atoms with Crippen LogP contribution in [-0.2, 0) is 16.2 Å². The molecule has 0 saturated carbocycles. The Kier molecular flexibility index (Phi) is 7.31. The summed E-state index contributed by atoms with van der Waals surface area (Å²) in [4.78, 5) is 14.6. The third-order valence-electron chi connectivity index (χ3n) is 7.29. The lowest BCUT2D eigenvalue weighted by Crippen LogP contribution is -2.53. The molecule has 1 saturated heterocycles. The number of hydrogen-bond acceptors (Lipinski definition) is 10. The fourth-order valence-electron chi connectivity index (χ4n) is 4.94. The zero-order valence-corrected chi connectivity index (χ0v) is 23.6. The molecular formula is C28H26F3N9O2S. The Morgan fingerprint density at radius 2 is 1.77 bits per heavy atom. The van der Waals surface area contributed by atoms with E-state index in [2.05, 4.69) is 40.8 Å². The van der Waals surface area contributed by atoms with Crippen LogP contribution in [0.4, 0.5) is 24.7 Å². The van der Waals surface area contributed by atoms with Crippen LogP contribution < -0.4 is 10.6 Å². The minimum Gasteiger partial charge on any atom is -0.340 e. The van der Waals surface area contributed by atoms with Crippen LogP contribution in [0.2, 0.25) is 0 Å². The second kappa shape index (κ2) is 11.0. The average molecular weight is 610 g/mol. The van der Waals surface area contributed by atoms with Crippen molar-refractivity contribution in [2.75, 3.05) is 31.5 Å². The molecule has 11 nitrogen and oxygen atoms in total. The van der Waals surface area contributed by atoms with E-state index in [0.29, 0.717) is 22.4 Å². The third kappa shape index (κ3) is 5.66. The molecule has 1 fully saturated rings. The molecule has 0 radical (unpaired) electrons. The molecule has 0 bridgehead atoms. The number of pyridine rings is 1. The first kappa shape index (κ1) is 28.6. The molecule has 6 rings (SSSR count). The van der Waals surface area contributed by atoms with Crippen molar-refractivity contribution in [1.82, 2.24) is 29.6 Å². The number of sulfonamides is 1. The van der Waals surface area contributed by atoms with Gasteiger partial charge in [-0.25, -0.2) is 9.97 Å². The molecular weight excluding hydrogens is 583 g/mol. The van der Waals surface area contributed by atoms with Gasteiger partial charge >= 0.3 is 6.18 Å². The first-order valence-corrected chi connectivity index (χ1v) is 14.8. The van der Waals surface area contributed by atoms with Gasteiger partial charge < -0.3 is 10.6 Å². The summed E-state index contributed by atoms with van der Waals surface area (Å²) in [5, 5.41) is 15.3. The van der Waals surface area contributed by atoms with E-state index < -0.39 is 27.4 Å². The lowest BCUT2D eigenvalue weighted by molar-refractivity contribution is -0.137. The van der Waals surface area contributed by atoms with E-state index in [1.54, 1.807) is 24.3 Å². The van der Waals surface area contributed by atoms with Crippen LogP contribution in [0.25, 0.3) is 22.2 Å². The van der Waals surface area contributed by atoms with Crippen molar-refractivity contribution >= 4 is 32.4 Å². The van der Waals surface area contributed by atoms with E-state index in [9.17, 15) is 21.6 Å². The molecule has 0 aliphatic carbocycles. The van der Waals surface area contributed by atoms with Crippen molar-refractivity contribution in [3.8, 4) is 11.3 Å². The Balaban J connectivity index is 1.20.